The highest BCUT2D eigenvalue weighted by Gasteiger charge is 2.35. The van der Waals surface area contributed by atoms with Gasteiger partial charge < -0.3 is 4.90 Å². The van der Waals surface area contributed by atoms with Crippen molar-refractivity contribution in [1.29, 1.82) is 0 Å². The molecule has 0 aromatic heterocycles. The Morgan fingerprint density at radius 2 is 0.721 bits per heavy atom. The van der Waals surface area contributed by atoms with E-state index >= 15 is 0 Å². The summed E-state index contributed by atoms with van der Waals surface area (Å²) in [4.78, 5) is 2.43. The highest BCUT2D eigenvalue weighted by Crippen LogP contribution is 2.50. The fraction of sp³-hybridized carbons (Fsp3) is 0.0448. The van der Waals surface area contributed by atoms with E-state index in [9.17, 15) is 0 Å². The predicted molar refractivity (Wildman–Crippen MR) is 290 cm³/mol. The second-order valence-electron chi connectivity index (χ2n) is 18.8. The first kappa shape index (κ1) is 39.8. The number of para-hydroxylation sites is 1. The van der Waals surface area contributed by atoms with E-state index in [1.165, 1.54) is 104 Å². The molecule has 0 amide bonds. The molecule has 12 aromatic carbocycles. The molecule has 0 saturated heterocycles. The summed E-state index contributed by atoms with van der Waals surface area (Å²) in [6.45, 7) is 4.71. The van der Waals surface area contributed by atoms with Crippen molar-refractivity contribution < 1.29 is 0 Å². The van der Waals surface area contributed by atoms with E-state index in [2.05, 4.69) is 267 Å². The average molecular weight is 866 g/mol. The van der Waals surface area contributed by atoms with Crippen LogP contribution in [0.15, 0.2) is 249 Å². The molecule has 0 unspecified atom stereocenters. The van der Waals surface area contributed by atoms with Gasteiger partial charge in [0.25, 0.3) is 0 Å². The Kier molecular flexibility index (Phi) is 9.27. The van der Waals surface area contributed by atoms with Crippen molar-refractivity contribution in [2.45, 2.75) is 19.3 Å². The van der Waals surface area contributed by atoms with Crippen LogP contribution in [0.3, 0.4) is 0 Å². The normalized spacial score (nSPS) is 12.7. The standard InChI is InChI=1S/C67H47N/c1-67(2)64-27-11-9-25-61(64)62-40-34-48(43-65(62)67)45-31-37-52(38-32-45)68(66-28-12-10-20-55(66)50-18-13-17-49(41-50)54-26-14-16-46-15-3-4-19-53(46)54)51-35-29-44(30-36-51)47-33-39-60-58-23-6-5-21-56(58)57-22-7-8-24-59(57)63(60)42-47/h3-43H,1-2H3. The van der Waals surface area contributed by atoms with E-state index in [-0.39, 0.29) is 5.41 Å². The summed E-state index contributed by atoms with van der Waals surface area (Å²) in [5.74, 6) is 0. The molecule has 12 aromatic rings. The molecule has 0 saturated carbocycles. The molecule has 1 heteroatoms. The van der Waals surface area contributed by atoms with Gasteiger partial charge in [0.15, 0.2) is 0 Å². The third-order valence-corrected chi connectivity index (χ3v) is 14.7. The minimum atomic E-state index is -0.0610. The zero-order chi connectivity index (χ0) is 45.3. The van der Waals surface area contributed by atoms with Gasteiger partial charge in [0.1, 0.15) is 0 Å². The van der Waals surface area contributed by atoms with Gasteiger partial charge in [0.05, 0.1) is 5.69 Å². The van der Waals surface area contributed by atoms with Crippen molar-refractivity contribution in [3.63, 3.8) is 0 Å². The molecule has 0 spiro atoms. The molecule has 0 fully saturated rings. The lowest BCUT2D eigenvalue weighted by Crippen LogP contribution is -2.14. The number of rotatable bonds is 7. The van der Waals surface area contributed by atoms with Crippen LogP contribution < -0.4 is 4.90 Å². The second-order valence-corrected chi connectivity index (χ2v) is 18.8. The van der Waals surface area contributed by atoms with Gasteiger partial charge in [-0.1, -0.05) is 214 Å². The minimum absolute atomic E-state index is 0.0610. The summed E-state index contributed by atoms with van der Waals surface area (Å²) >= 11 is 0. The smallest absolute Gasteiger partial charge is 0.0540 e. The molecule has 0 atom stereocenters. The molecule has 68 heavy (non-hydrogen) atoms. The maximum atomic E-state index is 2.43. The van der Waals surface area contributed by atoms with Crippen LogP contribution in [0.4, 0.5) is 17.1 Å². The first-order chi connectivity index (χ1) is 33.5. The van der Waals surface area contributed by atoms with E-state index in [0.717, 1.165) is 22.6 Å². The monoisotopic (exact) mass is 865 g/mol. The Balaban J connectivity index is 0.924. The average Bonchev–Trinajstić information content (AvgIpc) is 3.64. The number of hydrogen-bond acceptors (Lipinski definition) is 1. The molecule has 0 N–H and O–H groups in total. The summed E-state index contributed by atoms with van der Waals surface area (Å²) in [5, 5.41) is 10.2. The summed E-state index contributed by atoms with van der Waals surface area (Å²) < 4.78 is 0. The largest absolute Gasteiger partial charge is 0.310 e. The summed E-state index contributed by atoms with van der Waals surface area (Å²) in [7, 11) is 0. The van der Waals surface area contributed by atoms with Crippen LogP contribution in [-0.2, 0) is 5.41 Å². The molecule has 0 bridgehead atoms. The van der Waals surface area contributed by atoms with E-state index in [0.29, 0.717) is 0 Å². The lowest BCUT2D eigenvalue weighted by Gasteiger charge is -2.28. The fourth-order valence-corrected chi connectivity index (χ4v) is 11.2. The van der Waals surface area contributed by atoms with Gasteiger partial charge in [0.2, 0.25) is 0 Å². The third kappa shape index (κ3) is 6.46. The molecule has 13 rings (SSSR count). The second kappa shape index (κ2) is 15.8. The maximum absolute atomic E-state index is 2.43. The molecule has 1 nitrogen and oxygen atoms in total. The van der Waals surface area contributed by atoms with Crippen LogP contribution in [0.1, 0.15) is 25.0 Å². The summed E-state index contributed by atoms with van der Waals surface area (Å²) in [6, 6.07) is 91.9. The highest BCUT2D eigenvalue weighted by atomic mass is 15.1. The van der Waals surface area contributed by atoms with Gasteiger partial charge in [-0.05, 0) is 153 Å². The molecule has 0 aliphatic heterocycles. The molecule has 320 valence electrons. The minimum Gasteiger partial charge on any atom is -0.310 e. The van der Waals surface area contributed by atoms with Crippen molar-refractivity contribution in [3.05, 3.63) is 260 Å². The van der Waals surface area contributed by atoms with E-state index in [4.69, 9.17) is 0 Å². The summed E-state index contributed by atoms with van der Waals surface area (Å²) in [6.07, 6.45) is 0. The Morgan fingerprint density at radius 1 is 0.265 bits per heavy atom. The SMILES string of the molecule is CC1(C)c2ccccc2-c2ccc(-c3ccc(N(c4ccc(-c5ccc6c7ccccc7c7ccccc7c6c5)cc4)c4ccccc4-c4cccc(-c5cccc6ccccc56)c4)cc3)cc21. The van der Waals surface area contributed by atoms with E-state index in [1.807, 2.05) is 0 Å². The molecule has 0 heterocycles. The van der Waals surface area contributed by atoms with Gasteiger partial charge >= 0.3 is 0 Å². The highest BCUT2D eigenvalue weighted by molar-refractivity contribution is 6.25. The van der Waals surface area contributed by atoms with E-state index in [1.54, 1.807) is 0 Å². The third-order valence-electron chi connectivity index (χ3n) is 14.7. The Labute approximate surface area is 397 Å². The quantitative estimate of drug-likeness (QED) is 0.144. The van der Waals surface area contributed by atoms with Crippen LogP contribution >= 0.6 is 0 Å². The Bertz CT molecular complexity index is 3890. The Hall–Kier alpha value is -8.52. The van der Waals surface area contributed by atoms with Crippen LogP contribution in [-0.4, -0.2) is 0 Å². The van der Waals surface area contributed by atoms with Crippen molar-refractivity contribution in [2.24, 2.45) is 0 Å². The van der Waals surface area contributed by atoms with Crippen LogP contribution in [0.5, 0.6) is 0 Å². The Morgan fingerprint density at radius 3 is 1.41 bits per heavy atom. The molecule has 1 aliphatic rings. The van der Waals surface area contributed by atoms with Crippen LogP contribution in [0.25, 0.3) is 98.7 Å². The van der Waals surface area contributed by atoms with Crippen molar-refractivity contribution >= 4 is 60.2 Å². The van der Waals surface area contributed by atoms with Gasteiger partial charge in [-0.25, -0.2) is 0 Å². The molecule has 1 aliphatic carbocycles. The van der Waals surface area contributed by atoms with E-state index < -0.39 is 0 Å². The van der Waals surface area contributed by atoms with Gasteiger partial charge in [-0.3, -0.25) is 0 Å². The van der Waals surface area contributed by atoms with Gasteiger partial charge in [-0.15, -0.1) is 0 Å². The lowest BCUT2D eigenvalue weighted by molar-refractivity contribution is 0.660. The predicted octanol–water partition coefficient (Wildman–Crippen LogP) is 18.7. The molecular weight excluding hydrogens is 819 g/mol. The number of anilines is 3. The molecular formula is C67H47N. The lowest BCUT2D eigenvalue weighted by atomic mass is 9.81. The number of benzene rings is 12. The van der Waals surface area contributed by atoms with Crippen LogP contribution in [0.2, 0.25) is 0 Å². The number of hydrogen-bond donors (Lipinski definition) is 0. The first-order valence-corrected chi connectivity index (χ1v) is 23.7. The van der Waals surface area contributed by atoms with Crippen molar-refractivity contribution in [3.8, 4) is 55.6 Å². The first-order valence-electron chi connectivity index (χ1n) is 23.7. The van der Waals surface area contributed by atoms with Crippen molar-refractivity contribution in [2.75, 3.05) is 4.90 Å². The van der Waals surface area contributed by atoms with Gasteiger partial charge in [0, 0.05) is 22.4 Å². The topological polar surface area (TPSA) is 3.24 Å². The molecule has 0 radical (unpaired) electrons. The van der Waals surface area contributed by atoms with Crippen LogP contribution in [0, 0.1) is 0 Å². The van der Waals surface area contributed by atoms with Gasteiger partial charge in [-0.2, -0.15) is 0 Å². The number of fused-ring (bicyclic) bond motifs is 10. The zero-order valence-electron chi connectivity index (χ0n) is 38.1. The zero-order valence-corrected chi connectivity index (χ0v) is 38.1. The fourth-order valence-electron chi connectivity index (χ4n) is 11.2. The summed E-state index contributed by atoms with van der Waals surface area (Å²) in [5.41, 5.74) is 18.3. The number of nitrogens with zero attached hydrogens (tertiary/aromatic N) is 1. The van der Waals surface area contributed by atoms with Crippen molar-refractivity contribution in [1.82, 2.24) is 0 Å². The maximum Gasteiger partial charge on any atom is 0.0540 e.